The van der Waals surface area contributed by atoms with Gasteiger partial charge in [-0.3, -0.25) is 4.57 Å². The molecular weight excluding hydrogens is 392 g/mol. The van der Waals surface area contributed by atoms with Gasteiger partial charge in [-0.15, -0.1) is 0 Å². The van der Waals surface area contributed by atoms with E-state index in [1.165, 1.54) is 12.1 Å². The van der Waals surface area contributed by atoms with Gasteiger partial charge in [-0.1, -0.05) is 12.1 Å². The zero-order valence-corrected chi connectivity index (χ0v) is 17.1. The molecule has 5 nitrogen and oxygen atoms in total. The Bertz CT molecular complexity index is 1070. The summed E-state index contributed by atoms with van der Waals surface area (Å²) in [5.74, 6) is 0.373. The summed E-state index contributed by atoms with van der Waals surface area (Å²) < 4.78 is 44.2. The first-order chi connectivity index (χ1) is 14.1. The van der Waals surface area contributed by atoms with E-state index in [1.54, 1.807) is 32.0 Å². The van der Waals surface area contributed by atoms with Gasteiger partial charge < -0.3 is 13.8 Å². The predicted octanol–water partition coefficient (Wildman–Crippen LogP) is 5.34. The van der Waals surface area contributed by atoms with Gasteiger partial charge >= 0.3 is 7.60 Å². The van der Waals surface area contributed by atoms with Crippen molar-refractivity contribution in [3.63, 3.8) is 0 Å². The maximum Gasteiger partial charge on any atom is 0.361 e. The number of nitrogens with zero attached hydrogens (tertiary/aromatic N) is 1. The Kier molecular flexibility index (Phi) is 5.50. The minimum atomic E-state index is -3.59. The van der Waals surface area contributed by atoms with Gasteiger partial charge in [-0.05, 0) is 56.3 Å². The van der Waals surface area contributed by atoms with Crippen LogP contribution in [0.3, 0.4) is 0 Å². The van der Waals surface area contributed by atoms with Crippen molar-refractivity contribution >= 4 is 12.9 Å². The topological polar surface area (TPSA) is 57.7 Å². The molecule has 2 aromatic carbocycles. The summed E-state index contributed by atoms with van der Waals surface area (Å²) in [6.45, 7) is 4.22. The number of aromatic nitrogens is 1. The molecule has 0 amide bonds. The predicted molar refractivity (Wildman–Crippen MR) is 110 cm³/mol. The normalized spacial score (nSPS) is 12.8. The molecule has 0 radical (unpaired) electrons. The van der Waals surface area contributed by atoms with Crippen LogP contribution in [0.2, 0.25) is 0 Å². The maximum atomic E-state index is 13.6. The van der Waals surface area contributed by atoms with E-state index in [2.05, 4.69) is 0 Å². The Morgan fingerprint density at radius 1 is 1.07 bits per heavy atom. The fraction of sp³-hybridized carbons (Fsp3) is 0.227. The highest BCUT2D eigenvalue weighted by molar-refractivity contribution is 7.62. The molecule has 3 aromatic rings. The Morgan fingerprint density at radius 2 is 1.76 bits per heavy atom. The lowest BCUT2D eigenvalue weighted by atomic mass is 10.0. The van der Waals surface area contributed by atoms with Crippen molar-refractivity contribution in [1.29, 1.82) is 0 Å². The number of pyridine rings is 1. The molecule has 29 heavy (non-hydrogen) atoms. The molecule has 0 fully saturated rings. The lowest BCUT2D eigenvalue weighted by molar-refractivity contribution is 0.229. The van der Waals surface area contributed by atoms with Crippen LogP contribution in [0.5, 0.6) is 5.75 Å². The number of hydrogen-bond donors (Lipinski definition) is 0. The molecule has 1 aliphatic heterocycles. The number of para-hydroxylation sites is 1. The van der Waals surface area contributed by atoms with Crippen molar-refractivity contribution in [2.45, 2.75) is 20.5 Å². The van der Waals surface area contributed by atoms with Crippen LogP contribution < -0.4 is 10.0 Å². The molecule has 0 bridgehead atoms. The van der Waals surface area contributed by atoms with E-state index in [-0.39, 0.29) is 25.6 Å². The first-order valence-corrected chi connectivity index (χ1v) is 11.0. The molecule has 0 atom stereocenters. The molecule has 0 saturated carbocycles. The van der Waals surface area contributed by atoms with E-state index in [4.69, 9.17) is 18.8 Å². The lowest BCUT2D eigenvalue weighted by Gasteiger charge is -2.26. The van der Waals surface area contributed by atoms with Crippen molar-refractivity contribution in [3.05, 3.63) is 66.0 Å². The van der Waals surface area contributed by atoms with E-state index in [1.807, 2.05) is 24.3 Å². The fourth-order valence-electron chi connectivity index (χ4n) is 3.39. The maximum absolute atomic E-state index is 13.6. The van der Waals surface area contributed by atoms with E-state index in [0.717, 1.165) is 5.56 Å². The Labute approximate surface area is 169 Å². The highest BCUT2D eigenvalue weighted by Gasteiger charge is 2.34. The second-order valence-electron chi connectivity index (χ2n) is 6.48. The molecule has 1 aromatic heterocycles. The van der Waals surface area contributed by atoms with E-state index in [9.17, 15) is 8.96 Å². The van der Waals surface area contributed by atoms with Gasteiger partial charge in [0.25, 0.3) is 0 Å². The minimum Gasteiger partial charge on any atom is -0.488 e. The van der Waals surface area contributed by atoms with Gasteiger partial charge in [0, 0.05) is 16.7 Å². The van der Waals surface area contributed by atoms with Crippen LogP contribution in [0.25, 0.3) is 22.5 Å². The van der Waals surface area contributed by atoms with Crippen LogP contribution in [0.15, 0.2) is 54.6 Å². The molecule has 0 aliphatic carbocycles. The number of ether oxygens (including phenoxy) is 1. The van der Waals surface area contributed by atoms with Gasteiger partial charge in [0.15, 0.2) is 0 Å². The molecule has 7 heteroatoms. The molecule has 2 heterocycles. The first-order valence-electron chi connectivity index (χ1n) is 9.47. The van der Waals surface area contributed by atoms with Gasteiger partial charge in [0.1, 0.15) is 18.2 Å². The Hall–Kier alpha value is -2.53. The minimum absolute atomic E-state index is 0.211. The van der Waals surface area contributed by atoms with Crippen LogP contribution >= 0.6 is 7.60 Å². The van der Waals surface area contributed by atoms with Crippen molar-refractivity contribution in [1.82, 2.24) is 4.98 Å². The van der Waals surface area contributed by atoms with Crippen molar-refractivity contribution in [2.75, 3.05) is 13.2 Å². The van der Waals surface area contributed by atoms with Crippen LogP contribution in [-0.4, -0.2) is 18.2 Å². The van der Waals surface area contributed by atoms with Gasteiger partial charge in [0.2, 0.25) is 0 Å². The smallest absolute Gasteiger partial charge is 0.361 e. The van der Waals surface area contributed by atoms with Crippen LogP contribution in [0.1, 0.15) is 19.4 Å². The Morgan fingerprint density at radius 3 is 2.45 bits per heavy atom. The SMILES string of the molecule is CCOP(=O)(OCC)c1cc(-c2ccc(F)cc2)nc2c1COc1ccccc1-2. The second-order valence-corrected chi connectivity index (χ2v) is 8.47. The third-order valence-electron chi connectivity index (χ3n) is 4.65. The number of rotatable bonds is 6. The fourth-order valence-corrected chi connectivity index (χ4v) is 5.20. The summed E-state index contributed by atoms with van der Waals surface area (Å²) in [6.07, 6.45) is 0. The zero-order valence-electron chi connectivity index (χ0n) is 16.2. The zero-order chi connectivity index (χ0) is 20.4. The third kappa shape index (κ3) is 3.71. The number of hydrogen-bond acceptors (Lipinski definition) is 5. The molecule has 4 rings (SSSR count). The molecular formula is C22H21FNO4P. The second kappa shape index (κ2) is 8.07. The van der Waals surface area contributed by atoms with Crippen LogP contribution in [0.4, 0.5) is 4.39 Å². The summed E-state index contributed by atoms with van der Waals surface area (Å²) in [4.78, 5) is 4.81. The number of halogens is 1. The lowest BCUT2D eigenvalue weighted by Crippen LogP contribution is -2.22. The summed E-state index contributed by atoms with van der Waals surface area (Å²) in [5, 5.41) is 0.431. The molecule has 0 unspecified atom stereocenters. The van der Waals surface area contributed by atoms with Gasteiger partial charge in [-0.25, -0.2) is 9.37 Å². The van der Waals surface area contributed by atoms with E-state index in [0.29, 0.717) is 33.6 Å². The van der Waals surface area contributed by atoms with Crippen molar-refractivity contribution in [2.24, 2.45) is 0 Å². The number of fused-ring (bicyclic) bond motifs is 3. The average Bonchev–Trinajstić information content (AvgIpc) is 2.73. The standard InChI is InChI=1S/C22H21FNO4P/c1-3-27-29(25,28-4-2)21-13-19(15-9-11-16(23)12-10-15)24-22-17-7-5-6-8-20(17)26-14-18(21)22/h5-13H,3-4,14H2,1-2H3. The van der Waals surface area contributed by atoms with Crippen molar-refractivity contribution < 1.29 is 22.7 Å². The summed E-state index contributed by atoms with van der Waals surface area (Å²) in [5.41, 5.74) is 3.43. The summed E-state index contributed by atoms with van der Waals surface area (Å²) >= 11 is 0. The molecule has 150 valence electrons. The highest BCUT2D eigenvalue weighted by Crippen LogP contribution is 2.50. The molecule has 1 aliphatic rings. The quantitative estimate of drug-likeness (QED) is 0.511. The van der Waals surface area contributed by atoms with Crippen LogP contribution in [-0.2, 0) is 20.2 Å². The molecule has 0 saturated heterocycles. The summed E-state index contributed by atoms with van der Waals surface area (Å²) in [6, 6.07) is 15.3. The van der Waals surface area contributed by atoms with Crippen molar-refractivity contribution in [3.8, 4) is 28.3 Å². The third-order valence-corrected chi connectivity index (χ3v) is 6.83. The molecule has 0 spiro atoms. The highest BCUT2D eigenvalue weighted by atomic mass is 31.2. The first kappa shape index (κ1) is 19.8. The number of benzene rings is 2. The largest absolute Gasteiger partial charge is 0.488 e. The monoisotopic (exact) mass is 413 g/mol. The average molecular weight is 413 g/mol. The van der Waals surface area contributed by atoms with Gasteiger partial charge in [-0.2, -0.15) is 0 Å². The van der Waals surface area contributed by atoms with Crippen LogP contribution in [0, 0.1) is 5.82 Å². The molecule has 0 N–H and O–H groups in total. The summed E-state index contributed by atoms with van der Waals surface area (Å²) in [7, 11) is -3.59. The van der Waals surface area contributed by atoms with E-state index >= 15 is 0 Å². The van der Waals surface area contributed by atoms with Gasteiger partial charge in [0.05, 0.1) is 29.9 Å². The Balaban J connectivity index is 1.99. The van der Waals surface area contributed by atoms with E-state index < -0.39 is 7.60 Å².